The molecule has 2 heterocycles. The fourth-order valence-corrected chi connectivity index (χ4v) is 4.31. The molecule has 0 radical (unpaired) electrons. The molecule has 5 rings (SSSR count). The van der Waals surface area contributed by atoms with E-state index in [0.717, 1.165) is 28.1 Å². The van der Waals surface area contributed by atoms with Gasteiger partial charge in [-0.05, 0) is 48.0 Å². The van der Waals surface area contributed by atoms with Crippen molar-refractivity contribution in [2.45, 2.75) is 0 Å². The Balaban J connectivity index is 1.87. The van der Waals surface area contributed by atoms with Crippen LogP contribution < -0.4 is 5.56 Å². The molecule has 154 valence electrons. The van der Waals surface area contributed by atoms with E-state index >= 15 is 0 Å². The molecular weight excluding hydrogens is 453 g/mol. The zero-order valence-corrected chi connectivity index (χ0v) is 18.7. The zero-order valence-electron chi connectivity index (χ0n) is 16.4. The Kier molecular flexibility index (Phi) is 4.94. The van der Waals surface area contributed by atoms with E-state index in [1.807, 2.05) is 83.2 Å². The summed E-state index contributed by atoms with van der Waals surface area (Å²) in [6, 6.07) is 22.4. The standard InChI is InChI=1S/C24H16Cl3N3O/c1-28-21-14-29(18-11-12-19(26)20(27)13-18)23(15-7-9-16(25)10-8-15)22(21)24(31)30(28)17-5-3-2-4-6-17/h2-14H,1H3. The van der Waals surface area contributed by atoms with E-state index in [9.17, 15) is 4.79 Å². The predicted molar refractivity (Wildman–Crippen MR) is 128 cm³/mol. The first-order valence-corrected chi connectivity index (χ1v) is 10.7. The third-order valence-electron chi connectivity index (χ3n) is 5.34. The highest BCUT2D eigenvalue weighted by atomic mass is 35.5. The Morgan fingerprint density at radius 1 is 0.774 bits per heavy atom. The molecule has 0 atom stereocenters. The van der Waals surface area contributed by atoms with E-state index in [0.29, 0.717) is 20.5 Å². The van der Waals surface area contributed by atoms with Crippen LogP contribution in [-0.4, -0.2) is 13.9 Å². The molecule has 0 spiro atoms. The van der Waals surface area contributed by atoms with Gasteiger partial charge in [0.05, 0.1) is 32.3 Å². The first-order chi connectivity index (χ1) is 15.0. The maximum absolute atomic E-state index is 13.6. The second-order valence-corrected chi connectivity index (χ2v) is 8.44. The zero-order chi connectivity index (χ0) is 21.7. The van der Waals surface area contributed by atoms with Crippen LogP contribution in [0.5, 0.6) is 0 Å². The third kappa shape index (κ3) is 3.28. The summed E-state index contributed by atoms with van der Waals surface area (Å²) in [5.74, 6) is 0. The van der Waals surface area contributed by atoms with E-state index in [1.165, 1.54) is 0 Å². The molecule has 0 aliphatic heterocycles. The molecule has 0 bridgehead atoms. The lowest BCUT2D eigenvalue weighted by atomic mass is 10.1. The number of aromatic nitrogens is 3. The summed E-state index contributed by atoms with van der Waals surface area (Å²) in [5, 5.41) is 2.16. The maximum Gasteiger partial charge on any atom is 0.281 e. The molecule has 4 nitrogen and oxygen atoms in total. The van der Waals surface area contributed by atoms with Crippen molar-refractivity contribution in [1.82, 2.24) is 13.9 Å². The van der Waals surface area contributed by atoms with Crippen LogP contribution in [0.25, 0.3) is 33.5 Å². The second kappa shape index (κ2) is 7.65. The van der Waals surface area contributed by atoms with Crippen molar-refractivity contribution >= 4 is 45.7 Å². The average molecular weight is 469 g/mol. The quantitative estimate of drug-likeness (QED) is 0.288. The molecule has 0 aliphatic rings. The summed E-state index contributed by atoms with van der Waals surface area (Å²) >= 11 is 18.5. The van der Waals surface area contributed by atoms with Crippen LogP contribution in [0.1, 0.15) is 0 Å². The van der Waals surface area contributed by atoms with Gasteiger partial charge in [-0.1, -0.05) is 65.1 Å². The number of hydrogen-bond donors (Lipinski definition) is 0. The van der Waals surface area contributed by atoms with Crippen LogP contribution in [0.2, 0.25) is 15.1 Å². The molecule has 5 aromatic rings. The molecule has 0 fully saturated rings. The number of fused-ring (bicyclic) bond motifs is 1. The summed E-state index contributed by atoms with van der Waals surface area (Å²) in [4.78, 5) is 13.6. The number of benzene rings is 3. The van der Waals surface area contributed by atoms with Crippen molar-refractivity contribution in [3.8, 4) is 22.6 Å². The number of nitrogens with zero attached hydrogens (tertiary/aromatic N) is 3. The van der Waals surface area contributed by atoms with E-state index in [-0.39, 0.29) is 5.56 Å². The molecule has 7 heteroatoms. The minimum absolute atomic E-state index is 0.104. The van der Waals surface area contributed by atoms with E-state index < -0.39 is 0 Å². The highest BCUT2D eigenvalue weighted by Crippen LogP contribution is 2.34. The number of halogens is 3. The smallest absolute Gasteiger partial charge is 0.281 e. The Morgan fingerprint density at radius 3 is 2.16 bits per heavy atom. The van der Waals surface area contributed by atoms with Gasteiger partial charge in [0, 0.05) is 24.0 Å². The minimum Gasteiger partial charge on any atom is -0.313 e. The van der Waals surface area contributed by atoms with Gasteiger partial charge in [-0.25, -0.2) is 4.68 Å². The third-order valence-corrected chi connectivity index (χ3v) is 6.33. The SMILES string of the molecule is Cn1c2cn(-c3ccc(Cl)c(Cl)c3)c(-c3ccc(Cl)cc3)c2c(=O)n1-c1ccccc1. The van der Waals surface area contributed by atoms with Crippen molar-refractivity contribution in [2.75, 3.05) is 0 Å². The lowest BCUT2D eigenvalue weighted by molar-refractivity contribution is 0.664. The lowest BCUT2D eigenvalue weighted by Gasteiger charge is -2.12. The summed E-state index contributed by atoms with van der Waals surface area (Å²) in [6.45, 7) is 0. The van der Waals surface area contributed by atoms with Gasteiger partial charge < -0.3 is 4.57 Å². The first-order valence-electron chi connectivity index (χ1n) is 9.55. The molecule has 0 N–H and O–H groups in total. The number of aryl methyl sites for hydroxylation is 1. The van der Waals surface area contributed by atoms with Crippen molar-refractivity contribution < 1.29 is 0 Å². The van der Waals surface area contributed by atoms with Crippen LogP contribution in [0.4, 0.5) is 0 Å². The molecule has 3 aromatic carbocycles. The summed E-state index contributed by atoms with van der Waals surface area (Å²) in [6.07, 6.45) is 1.94. The van der Waals surface area contributed by atoms with E-state index in [1.54, 1.807) is 16.8 Å². The highest BCUT2D eigenvalue weighted by molar-refractivity contribution is 6.42. The van der Waals surface area contributed by atoms with Gasteiger partial charge >= 0.3 is 0 Å². The molecule has 0 unspecified atom stereocenters. The minimum atomic E-state index is -0.104. The summed E-state index contributed by atoms with van der Waals surface area (Å²) in [7, 11) is 1.88. The molecule has 2 aromatic heterocycles. The highest BCUT2D eigenvalue weighted by Gasteiger charge is 2.22. The topological polar surface area (TPSA) is 31.9 Å². The fourth-order valence-electron chi connectivity index (χ4n) is 3.89. The molecule has 0 amide bonds. The number of rotatable bonds is 3. The Bertz CT molecular complexity index is 1480. The van der Waals surface area contributed by atoms with Gasteiger partial charge in [0.2, 0.25) is 0 Å². The predicted octanol–water partition coefficient (Wildman–Crippen LogP) is 6.75. The second-order valence-electron chi connectivity index (χ2n) is 7.19. The normalized spacial score (nSPS) is 11.4. The van der Waals surface area contributed by atoms with E-state index in [2.05, 4.69) is 0 Å². The Morgan fingerprint density at radius 2 is 1.48 bits per heavy atom. The van der Waals surface area contributed by atoms with Crippen molar-refractivity contribution in [3.05, 3.63) is 104 Å². The van der Waals surface area contributed by atoms with E-state index in [4.69, 9.17) is 34.8 Å². The Labute approximate surface area is 193 Å². The summed E-state index contributed by atoms with van der Waals surface area (Å²) in [5.41, 5.74) is 3.93. The average Bonchev–Trinajstić information content (AvgIpc) is 3.27. The largest absolute Gasteiger partial charge is 0.313 e. The monoisotopic (exact) mass is 467 g/mol. The molecule has 0 aliphatic carbocycles. The number of para-hydroxylation sites is 1. The molecule has 31 heavy (non-hydrogen) atoms. The van der Waals surface area contributed by atoms with Crippen molar-refractivity contribution in [1.29, 1.82) is 0 Å². The van der Waals surface area contributed by atoms with Gasteiger partial charge in [-0.15, -0.1) is 0 Å². The fraction of sp³-hybridized carbons (Fsp3) is 0.0417. The van der Waals surface area contributed by atoms with Crippen LogP contribution in [0.3, 0.4) is 0 Å². The van der Waals surface area contributed by atoms with Crippen molar-refractivity contribution in [2.24, 2.45) is 7.05 Å². The Hall–Kier alpha value is -2.92. The lowest BCUT2D eigenvalue weighted by Crippen LogP contribution is -2.20. The van der Waals surface area contributed by atoms with Gasteiger partial charge in [-0.2, -0.15) is 0 Å². The van der Waals surface area contributed by atoms with Crippen LogP contribution in [0, 0.1) is 0 Å². The van der Waals surface area contributed by atoms with Gasteiger partial charge in [0.1, 0.15) is 0 Å². The van der Waals surface area contributed by atoms with Crippen LogP contribution in [-0.2, 0) is 7.05 Å². The van der Waals surface area contributed by atoms with Crippen LogP contribution in [0.15, 0.2) is 83.8 Å². The molecule has 0 saturated carbocycles. The van der Waals surface area contributed by atoms with Crippen molar-refractivity contribution in [3.63, 3.8) is 0 Å². The van der Waals surface area contributed by atoms with Crippen LogP contribution >= 0.6 is 34.8 Å². The molecular formula is C24H16Cl3N3O. The molecule has 0 saturated heterocycles. The van der Waals surface area contributed by atoms with Gasteiger partial charge in [-0.3, -0.25) is 9.48 Å². The first kappa shape index (κ1) is 20.0. The summed E-state index contributed by atoms with van der Waals surface area (Å²) < 4.78 is 5.50. The maximum atomic E-state index is 13.6. The van der Waals surface area contributed by atoms with Gasteiger partial charge in [0.25, 0.3) is 5.56 Å². The van der Waals surface area contributed by atoms with Gasteiger partial charge in [0.15, 0.2) is 0 Å². The number of hydrogen-bond acceptors (Lipinski definition) is 1.